The van der Waals surface area contributed by atoms with Gasteiger partial charge in [0.1, 0.15) is 0 Å². The predicted octanol–water partition coefficient (Wildman–Crippen LogP) is 3.76. The van der Waals surface area contributed by atoms with Crippen LogP contribution in [0.1, 0.15) is 43.1 Å². The van der Waals surface area contributed by atoms with Gasteiger partial charge >= 0.3 is 0 Å². The monoisotopic (exact) mass is 274 g/mol. The van der Waals surface area contributed by atoms with Crippen molar-refractivity contribution in [2.24, 2.45) is 11.1 Å². The average molecular weight is 274 g/mol. The quantitative estimate of drug-likeness (QED) is 0.907. The molecule has 0 saturated carbocycles. The first-order valence-electron chi connectivity index (χ1n) is 7.00. The van der Waals surface area contributed by atoms with E-state index in [0.29, 0.717) is 5.41 Å². The summed E-state index contributed by atoms with van der Waals surface area (Å²) >= 11 is 1.78. The highest BCUT2D eigenvalue weighted by atomic mass is 32.1. The molecule has 3 rings (SSSR count). The van der Waals surface area contributed by atoms with Gasteiger partial charge in [-0.05, 0) is 58.7 Å². The highest BCUT2D eigenvalue weighted by Crippen LogP contribution is 2.39. The van der Waals surface area contributed by atoms with Gasteiger partial charge in [-0.3, -0.25) is 0 Å². The molecule has 0 spiro atoms. The van der Waals surface area contributed by atoms with Crippen molar-refractivity contribution >= 4 is 11.3 Å². The maximum absolute atomic E-state index is 6.31. The fraction of sp³-hybridized carbons (Fsp3) is 0.500. The van der Waals surface area contributed by atoms with E-state index in [1.54, 1.807) is 11.3 Å². The van der Waals surface area contributed by atoms with Crippen LogP contribution < -0.4 is 5.73 Å². The highest BCUT2D eigenvalue weighted by molar-refractivity contribution is 7.07. The standard InChI is InChI=1S/C16H22N2S/c1-16(2)9-14(17)13-4-7-18(15(13)10-16)6-3-12-5-8-19-11-12/h4-5,7-8,11,14H,3,6,9-10,17H2,1-2H3. The molecule has 2 aromatic heterocycles. The second kappa shape index (κ2) is 4.80. The number of aryl methyl sites for hydroxylation is 2. The minimum absolute atomic E-state index is 0.209. The molecular weight excluding hydrogens is 252 g/mol. The maximum atomic E-state index is 6.31. The summed E-state index contributed by atoms with van der Waals surface area (Å²) in [6.07, 6.45) is 5.57. The van der Waals surface area contributed by atoms with Crippen molar-refractivity contribution in [3.63, 3.8) is 0 Å². The molecule has 0 amide bonds. The summed E-state index contributed by atoms with van der Waals surface area (Å²) in [4.78, 5) is 0. The normalized spacial score (nSPS) is 21.3. The van der Waals surface area contributed by atoms with Crippen molar-refractivity contribution in [2.45, 2.75) is 45.7 Å². The number of hydrogen-bond acceptors (Lipinski definition) is 2. The van der Waals surface area contributed by atoms with Gasteiger partial charge < -0.3 is 10.3 Å². The van der Waals surface area contributed by atoms with Crippen molar-refractivity contribution in [1.82, 2.24) is 4.57 Å². The summed E-state index contributed by atoms with van der Waals surface area (Å²) < 4.78 is 2.41. The van der Waals surface area contributed by atoms with Crippen molar-refractivity contribution in [2.75, 3.05) is 0 Å². The Bertz CT molecular complexity index is 551. The van der Waals surface area contributed by atoms with Crippen LogP contribution in [0.15, 0.2) is 29.1 Å². The van der Waals surface area contributed by atoms with Gasteiger partial charge in [0.2, 0.25) is 0 Å². The van der Waals surface area contributed by atoms with Crippen LogP contribution in [0.2, 0.25) is 0 Å². The Morgan fingerprint density at radius 2 is 2.26 bits per heavy atom. The third-order valence-electron chi connectivity index (χ3n) is 4.15. The second-order valence-electron chi connectivity index (χ2n) is 6.44. The van der Waals surface area contributed by atoms with E-state index in [-0.39, 0.29) is 6.04 Å². The van der Waals surface area contributed by atoms with Gasteiger partial charge in [0.05, 0.1) is 0 Å². The summed E-state index contributed by atoms with van der Waals surface area (Å²) in [5.41, 5.74) is 10.9. The van der Waals surface area contributed by atoms with Gasteiger partial charge in [0.25, 0.3) is 0 Å². The first-order valence-corrected chi connectivity index (χ1v) is 7.94. The first kappa shape index (κ1) is 12.9. The van der Waals surface area contributed by atoms with Crippen LogP contribution in [0.4, 0.5) is 0 Å². The fourth-order valence-corrected chi connectivity index (χ4v) is 3.89. The molecule has 19 heavy (non-hydrogen) atoms. The van der Waals surface area contributed by atoms with E-state index in [9.17, 15) is 0 Å². The lowest BCUT2D eigenvalue weighted by Crippen LogP contribution is -2.30. The Balaban J connectivity index is 1.80. The van der Waals surface area contributed by atoms with Crippen LogP contribution in [0.3, 0.4) is 0 Å². The molecule has 1 aliphatic rings. The van der Waals surface area contributed by atoms with E-state index in [4.69, 9.17) is 5.73 Å². The number of nitrogens with two attached hydrogens (primary N) is 1. The minimum Gasteiger partial charge on any atom is -0.351 e. The molecule has 2 heterocycles. The zero-order chi connectivity index (χ0) is 13.5. The lowest BCUT2D eigenvalue weighted by atomic mass is 9.74. The number of thiophene rings is 1. The molecular formula is C16H22N2S. The molecule has 2 aromatic rings. The van der Waals surface area contributed by atoms with Crippen LogP contribution in [0, 0.1) is 5.41 Å². The van der Waals surface area contributed by atoms with E-state index in [0.717, 1.165) is 25.8 Å². The fourth-order valence-electron chi connectivity index (χ4n) is 3.19. The van der Waals surface area contributed by atoms with Gasteiger partial charge in [-0.1, -0.05) is 13.8 Å². The Labute approximate surface area is 119 Å². The van der Waals surface area contributed by atoms with Gasteiger partial charge in [0.15, 0.2) is 0 Å². The smallest absolute Gasteiger partial charge is 0.0318 e. The zero-order valence-electron chi connectivity index (χ0n) is 11.7. The molecule has 0 saturated heterocycles. The van der Waals surface area contributed by atoms with Crippen LogP contribution in [0.5, 0.6) is 0 Å². The molecule has 0 aromatic carbocycles. The zero-order valence-corrected chi connectivity index (χ0v) is 12.5. The van der Waals surface area contributed by atoms with Crippen molar-refractivity contribution in [3.8, 4) is 0 Å². The highest BCUT2D eigenvalue weighted by Gasteiger charge is 2.32. The average Bonchev–Trinajstić information content (AvgIpc) is 2.93. The molecule has 0 aliphatic heterocycles. The van der Waals surface area contributed by atoms with E-state index in [1.807, 2.05) is 0 Å². The van der Waals surface area contributed by atoms with Crippen molar-refractivity contribution in [1.29, 1.82) is 0 Å². The van der Waals surface area contributed by atoms with Gasteiger partial charge in [-0.2, -0.15) is 11.3 Å². The number of hydrogen-bond donors (Lipinski definition) is 1. The van der Waals surface area contributed by atoms with Gasteiger partial charge in [-0.25, -0.2) is 0 Å². The topological polar surface area (TPSA) is 30.9 Å². The van der Waals surface area contributed by atoms with Gasteiger partial charge in [0, 0.05) is 24.5 Å². The van der Waals surface area contributed by atoms with Crippen molar-refractivity contribution in [3.05, 3.63) is 45.9 Å². The third-order valence-corrected chi connectivity index (χ3v) is 4.89. The number of rotatable bonds is 3. The summed E-state index contributed by atoms with van der Waals surface area (Å²) in [6.45, 7) is 5.72. The van der Waals surface area contributed by atoms with E-state index in [1.165, 1.54) is 16.8 Å². The summed E-state index contributed by atoms with van der Waals surface area (Å²) in [5.74, 6) is 0. The molecule has 102 valence electrons. The number of fused-ring (bicyclic) bond motifs is 1. The molecule has 1 atom stereocenters. The van der Waals surface area contributed by atoms with E-state index in [2.05, 4.69) is 47.5 Å². The van der Waals surface area contributed by atoms with Crippen LogP contribution in [0.25, 0.3) is 0 Å². The molecule has 2 N–H and O–H groups in total. The molecule has 1 unspecified atom stereocenters. The Morgan fingerprint density at radius 3 is 3.00 bits per heavy atom. The largest absolute Gasteiger partial charge is 0.351 e. The summed E-state index contributed by atoms with van der Waals surface area (Å²) in [7, 11) is 0. The lowest BCUT2D eigenvalue weighted by molar-refractivity contribution is 0.275. The molecule has 3 heteroatoms. The molecule has 0 radical (unpaired) electrons. The second-order valence-corrected chi connectivity index (χ2v) is 7.22. The lowest BCUT2D eigenvalue weighted by Gasteiger charge is -2.34. The number of nitrogens with zero attached hydrogens (tertiary/aromatic N) is 1. The van der Waals surface area contributed by atoms with Crippen LogP contribution >= 0.6 is 11.3 Å². The summed E-state index contributed by atoms with van der Waals surface area (Å²) in [6, 6.07) is 4.65. The van der Waals surface area contributed by atoms with E-state index < -0.39 is 0 Å². The Kier molecular flexibility index (Phi) is 3.27. The summed E-state index contributed by atoms with van der Waals surface area (Å²) in [5, 5.41) is 4.39. The predicted molar refractivity (Wildman–Crippen MR) is 81.5 cm³/mol. The van der Waals surface area contributed by atoms with E-state index >= 15 is 0 Å². The Hall–Kier alpha value is -1.06. The molecule has 0 fully saturated rings. The maximum Gasteiger partial charge on any atom is 0.0318 e. The Morgan fingerprint density at radius 1 is 1.42 bits per heavy atom. The first-order chi connectivity index (χ1) is 9.05. The molecule has 1 aliphatic carbocycles. The van der Waals surface area contributed by atoms with Gasteiger partial charge in [-0.15, -0.1) is 0 Å². The minimum atomic E-state index is 0.209. The molecule has 0 bridgehead atoms. The SMILES string of the molecule is CC1(C)Cc2c(ccn2CCc2ccsc2)C(N)C1. The molecule has 2 nitrogen and oxygen atoms in total. The van der Waals surface area contributed by atoms with Crippen molar-refractivity contribution < 1.29 is 0 Å². The van der Waals surface area contributed by atoms with Crippen LogP contribution in [-0.4, -0.2) is 4.57 Å². The van der Waals surface area contributed by atoms with Crippen LogP contribution in [-0.2, 0) is 19.4 Å². The third kappa shape index (κ3) is 2.63. The number of aromatic nitrogens is 1.